The summed E-state index contributed by atoms with van der Waals surface area (Å²) >= 11 is 12.5. The Labute approximate surface area is 255 Å². The molecule has 1 saturated carbocycles. The molecule has 42 heavy (non-hydrogen) atoms. The van der Waals surface area contributed by atoms with Crippen molar-refractivity contribution in [2.24, 2.45) is 5.92 Å². The molecule has 0 bridgehead atoms. The van der Waals surface area contributed by atoms with Crippen LogP contribution in [0.1, 0.15) is 73.0 Å². The first-order valence-corrected chi connectivity index (χ1v) is 14.7. The zero-order valence-electron chi connectivity index (χ0n) is 22.8. The quantitative estimate of drug-likeness (QED) is 0.314. The second kappa shape index (κ2) is 13.9. The zero-order chi connectivity index (χ0) is 29.3. The van der Waals surface area contributed by atoms with Crippen LogP contribution in [0.15, 0.2) is 30.3 Å². The summed E-state index contributed by atoms with van der Waals surface area (Å²) in [6.07, 6.45) is 1.81. The van der Waals surface area contributed by atoms with Crippen molar-refractivity contribution in [1.29, 1.82) is 0 Å². The highest BCUT2D eigenvalue weighted by atomic mass is 35.5. The number of ether oxygens (including phenoxy) is 2. The van der Waals surface area contributed by atoms with E-state index in [4.69, 9.17) is 32.7 Å². The Morgan fingerprint density at radius 3 is 2.33 bits per heavy atom. The molecule has 0 unspecified atom stereocenters. The number of rotatable bonds is 10. The van der Waals surface area contributed by atoms with Crippen LogP contribution < -0.4 is 4.74 Å². The van der Waals surface area contributed by atoms with E-state index in [2.05, 4.69) is 4.90 Å². The first kappa shape index (κ1) is 32.5. The molecular formula is C31H38Cl2F2N2O5. The lowest BCUT2D eigenvalue weighted by atomic mass is 9.95. The molecule has 11 heteroatoms. The third-order valence-corrected chi connectivity index (χ3v) is 8.74. The van der Waals surface area contributed by atoms with Crippen LogP contribution >= 0.6 is 23.2 Å². The predicted octanol–water partition coefficient (Wildman–Crippen LogP) is 6.76. The summed E-state index contributed by atoms with van der Waals surface area (Å²) < 4.78 is 40.8. The summed E-state index contributed by atoms with van der Waals surface area (Å²) in [4.78, 5) is 27.9. The van der Waals surface area contributed by atoms with Gasteiger partial charge in [-0.15, -0.1) is 0 Å². The van der Waals surface area contributed by atoms with Crippen molar-refractivity contribution in [3.63, 3.8) is 0 Å². The van der Waals surface area contributed by atoms with Crippen molar-refractivity contribution in [2.75, 3.05) is 40.0 Å². The number of likely N-dealkylation sites (tertiary alicyclic amines) is 2. The third-order valence-electron chi connectivity index (χ3n) is 8.30. The van der Waals surface area contributed by atoms with Gasteiger partial charge in [-0.3, -0.25) is 9.69 Å². The number of carboxylic acids is 1. The molecule has 2 aromatic rings. The molecule has 3 atom stereocenters. The van der Waals surface area contributed by atoms with Crippen molar-refractivity contribution in [2.45, 2.75) is 63.7 Å². The van der Waals surface area contributed by atoms with Crippen LogP contribution in [0.5, 0.6) is 5.75 Å². The number of hydrogen-bond donors (Lipinski definition) is 1. The van der Waals surface area contributed by atoms with Crippen LogP contribution in [0.4, 0.5) is 8.78 Å². The Kier molecular flexibility index (Phi) is 10.7. The monoisotopic (exact) mass is 626 g/mol. The van der Waals surface area contributed by atoms with Gasteiger partial charge in [0.15, 0.2) is 0 Å². The van der Waals surface area contributed by atoms with Gasteiger partial charge in [0.2, 0.25) is 0 Å². The number of carbonyl (C=O) groups excluding carboxylic acids is 1. The molecule has 0 aromatic heterocycles. The van der Waals surface area contributed by atoms with Gasteiger partial charge < -0.3 is 19.5 Å². The molecular weight excluding hydrogens is 589 g/mol. The molecule has 2 heterocycles. The molecule has 7 nitrogen and oxygen atoms in total. The first-order valence-electron chi connectivity index (χ1n) is 14.0. The minimum atomic E-state index is -1.45. The summed E-state index contributed by atoms with van der Waals surface area (Å²) in [5.74, 6) is -2.07. The molecule has 2 saturated heterocycles. The van der Waals surface area contributed by atoms with E-state index in [-0.39, 0.29) is 43.8 Å². The van der Waals surface area contributed by atoms with Crippen molar-refractivity contribution in [3.8, 4) is 5.75 Å². The standard InChI is InChI=1S/C30H34Cl2F2N2O5.CH4/c1-40-16-27(19-8-20(31)10-21(32)9-19)35-6-4-17(5-7-35)15-41-28-13-25(34)24(12-23(28)18-2-3-18)29(37)36-14-22(33)11-26(36)30(38)39;/h8-10,12-13,17-18,22,26-27H,2-7,11,14-16H2,1H3,(H,38,39);1H4/t22-,26+,27-;/m1./s1. The molecule has 3 fully saturated rings. The number of carboxylic acid groups (broad SMARTS) is 1. The van der Waals surface area contributed by atoms with E-state index in [0.717, 1.165) is 54.8 Å². The van der Waals surface area contributed by atoms with Gasteiger partial charge in [-0.2, -0.15) is 0 Å². The van der Waals surface area contributed by atoms with Gasteiger partial charge in [0.1, 0.15) is 23.8 Å². The van der Waals surface area contributed by atoms with Crippen LogP contribution in [-0.4, -0.2) is 79.0 Å². The summed E-state index contributed by atoms with van der Waals surface area (Å²) in [6.45, 7) is 2.19. The van der Waals surface area contributed by atoms with Crippen LogP contribution in [0.2, 0.25) is 10.0 Å². The zero-order valence-corrected chi connectivity index (χ0v) is 24.3. The van der Waals surface area contributed by atoms with Crippen molar-refractivity contribution >= 4 is 35.1 Å². The third kappa shape index (κ3) is 7.36. The number of amides is 1. The molecule has 1 amide bonds. The molecule has 1 N–H and O–H groups in total. The van der Waals surface area contributed by atoms with Gasteiger partial charge in [0.05, 0.1) is 31.4 Å². The Balaban J connectivity index is 0.00000405. The lowest BCUT2D eigenvalue weighted by Gasteiger charge is -2.37. The van der Waals surface area contributed by atoms with Crippen molar-refractivity contribution < 1.29 is 33.0 Å². The second-order valence-corrected chi connectivity index (χ2v) is 12.1. The molecule has 0 radical (unpaired) electrons. The fourth-order valence-corrected chi connectivity index (χ4v) is 6.49. The molecule has 0 spiro atoms. The van der Waals surface area contributed by atoms with Crippen LogP contribution in [-0.2, 0) is 9.53 Å². The minimum Gasteiger partial charge on any atom is -0.493 e. The Morgan fingerprint density at radius 1 is 1.07 bits per heavy atom. The van der Waals surface area contributed by atoms with Gasteiger partial charge in [-0.25, -0.2) is 13.6 Å². The maximum absolute atomic E-state index is 15.2. The average Bonchev–Trinajstić information content (AvgIpc) is 3.70. The van der Waals surface area contributed by atoms with Crippen LogP contribution in [0.25, 0.3) is 0 Å². The van der Waals surface area contributed by atoms with Gasteiger partial charge in [-0.1, -0.05) is 30.6 Å². The van der Waals surface area contributed by atoms with E-state index in [9.17, 15) is 19.1 Å². The molecule has 1 aliphatic carbocycles. The Hall–Kier alpha value is -2.46. The molecule has 230 valence electrons. The SMILES string of the molecule is C.COC[C@H](c1cc(Cl)cc(Cl)c1)N1CCC(COc2cc(F)c(C(=O)N3C[C@H](F)C[C@H]3C(=O)O)cc2C2CC2)CC1. The molecule has 5 rings (SSSR count). The van der Waals surface area contributed by atoms with Gasteiger partial charge in [-0.05, 0) is 86.0 Å². The highest BCUT2D eigenvalue weighted by Gasteiger charge is 2.41. The summed E-state index contributed by atoms with van der Waals surface area (Å²) in [7, 11) is 1.67. The highest BCUT2D eigenvalue weighted by Crippen LogP contribution is 2.45. The fraction of sp³-hybridized carbons (Fsp3) is 0.548. The van der Waals surface area contributed by atoms with Crippen molar-refractivity contribution in [1.82, 2.24) is 9.80 Å². The predicted molar refractivity (Wildman–Crippen MR) is 158 cm³/mol. The van der Waals surface area contributed by atoms with Gasteiger partial charge in [0.25, 0.3) is 5.91 Å². The topological polar surface area (TPSA) is 79.3 Å². The van der Waals surface area contributed by atoms with E-state index in [1.807, 2.05) is 12.1 Å². The average molecular weight is 628 g/mol. The number of aliphatic carboxylic acids is 1. The second-order valence-electron chi connectivity index (χ2n) is 11.3. The molecule has 3 aliphatic rings. The van der Waals surface area contributed by atoms with Gasteiger partial charge >= 0.3 is 5.97 Å². The lowest BCUT2D eigenvalue weighted by Crippen LogP contribution is -2.41. The number of hydrogen-bond acceptors (Lipinski definition) is 5. The summed E-state index contributed by atoms with van der Waals surface area (Å²) in [5, 5.41) is 10.6. The number of halogens is 4. The fourth-order valence-electron chi connectivity index (χ4n) is 5.95. The van der Waals surface area contributed by atoms with E-state index in [1.165, 1.54) is 12.1 Å². The molecule has 2 aromatic carbocycles. The number of nitrogens with zero attached hydrogens (tertiary/aromatic N) is 2. The number of methoxy groups -OCH3 is 1. The largest absolute Gasteiger partial charge is 0.493 e. The van der Waals surface area contributed by atoms with Gasteiger partial charge in [0, 0.05) is 29.6 Å². The van der Waals surface area contributed by atoms with Crippen LogP contribution in [0, 0.1) is 11.7 Å². The first-order chi connectivity index (χ1) is 19.6. The molecule has 2 aliphatic heterocycles. The minimum absolute atomic E-state index is 0. The number of benzene rings is 2. The number of alkyl halides is 1. The van der Waals surface area contributed by atoms with Crippen LogP contribution in [0.3, 0.4) is 0 Å². The summed E-state index contributed by atoms with van der Waals surface area (Å²) in [5.41, 5.74) is 1.51. The van der Waals surface area contributed by atoms with E-state index >= 15 is 4.39 Å². The summed E-state index contributed by atoms with van der Waals surface area (Å²) in [6, 6.07) is 6.95. The number of piperidine rings is 1. The smallest absolute Gasteiger partial charge is 0.326 e. The highest BCUT2D eigenvalue weighted by molar-refractivity contribution is 6.34. The number of carbonyl (C=O) groups is 2. The maximum Gasteiger partial charge on any atom is 0.326 e. The van der Waals surface area contributed by atoms with E-state index < -0.39 is 29.9 Å². The lowest BCUT2D eigenvalue weighted by molar-refractivity contribution is -0.141. The normalized spacial score (nSPS) is 22.1. The van der Waals surface area contributed by atoms with Crippen molar-refractivity contribution in [3.05, 3.63) is 62.9 Å². The van der Waals surface area contributed by atoms with E-state index in [0.29, 0.717) is 29.0 Å². The van der Waals surface area contributed by atoms with E-state index in [1.54, 1.807) is 13.2 Å². The Morgan fingerprint density at radius 2 is 1.74 bits per heavy atom. The Bertz CT molecular complexity index is 1270. The maximum atomic E-state index is 15.2.